The van der Waals surface area contributed by atoms with Crippen molar-refractivity contribution in [3.8, 4) is 0 Å². The predicted molar refractivity (Wildman–Crippen MR) is 74.2 cm³/mol. The van der Waals surface area contributed by atoms with E-state index in [1.165, 1.54) is 24.4 Å². The maximum Gasteiger partial charge on any atom is 0.265 e. The number of anilines is 1. The van der Waals surface area contributed by atoms with Crippen LogP contribution < -0.4 is 4.72 Å². The maximum atomic E-state index is 13.5. The monoisotopic (exact) mass is 364 g/mol. The topological polar surface area (TPSA) is 59.1 Å². The maximum absolute atomic E-state index is 13.5. The first-order valence-electron chi connectivity index (χ1n) is 4.97. The number of rotatable bonds is 3. The molecule has 0 saturated heterocycles. The lowest BCUT2D eigenvalue weighted by molar-refractivity contribution is 0.598. The molecule has 1 aromatic heterocycles. The van der Waals surface area contributed by atoms with E-state index in [2.05, 4.69) is 25.6 Å². The fraction of sp³-hybridized carbons (Fsp3) is 0. The minimum atomic E-state index is -3.99. The predicted octanol–water partition coefficient (Wildman–Crippen LogP) is 3.44. The summed E-state index contributed by atoms with van der Waals surface area (Å²) in [4.78, 5) is 3.47. The molecule has 4 nitrogen and oxygen atoms in total. The summed E-state index contributed by atoms with van der Waals surface area (Å²) in [7, 11) is -3.99. The van der Waals surface area contributed by atoms with Crippen molar-refractivity contribution in [2.75, 3.05) is 4.72 Å². The first kappa shape index (κ1) is 14.2. The number of hydrogen-bond acceptors (Lipinski definition) is 3. The van der Waals surface area contributed by atoms with Gasteiger partial charge >= 0.3 is 0 Å². The van der Waals surface area contributed by atoms with Gasteiger partial charge in [-0.05, 0) is 24.3 Å². The standard InChI is InChI=1S/C11H7BrClFN2O2S/c12-7-1-2-9(14)10(5-7)16-19(17,18)11-6-15-4-3-8(11)13/h1-6,16H. The van der Waals surface area contributed by atoms with E-state index in [0.717, 1.165) is 12.3 Å². The molecule has 2 rings (SSSR count). The third kappa shape index (κ3) is 3.23. The van der Waals surface area contributed by atoms with Crippen molar-refractivity contribution < 1.29 is 12.8 Å². The summed E-state index contributed by atoms with van der Waals surface area (Å²) < 4.78 is 40.3. The molecule has 8 heteroatoms. The zero-order chi connectivity index (χ0) is 14.0. The average molecular weight is 366 g/mol. The van der Waals surface area contributed by atoms with E-state index in [9.17, 15) is 12.8 Å². The van der Waals surface area contributed by atoms with Gasteiger partial charge < -0.3 is 0 Å². The number of pyridine rings is 1. The highest BCUT2D eigenvalue weighted by Gasteiger charge is 2.19. The summed E-state index contributed by atoms with van der Waals surface area (Å²) in [5.74, 6) is -0.688. The number of nitrogens with zero attached hydrogens (tertiary/aromatic N) is 1. The largest absolute Gasteiger partial charge is 0.277 e. The van der Waals surface area contributed by atoms with Gasteiger partial charge in [-0.3, -0.25) is 9.71 Å². The van der Waals surface area contributed by atoms with Crippen molar-refractivity contribution in [1.29, 1.82) is 0 Å². The molecule has 0 unspecified atom stereocenters. The highest BCUT2D eigenvalue weighted by molar-refractivity contribution is 9.10. The van der Waals surface area contributed by atoms with E-state index < -0.39 is 15.8 Å². The second kappa shape index (κ2) is 5.44. The molecule has 0 fully saturated rings. The van der Waals surface area contributed by atoms with Crippen LogP contribution in [0.1, 0.15) is 0 Å². The van der Waals surface area contributed by atoms with Crippen LogP contribution in [0.25, 0.3) is 0 Å². The lowest BCUT2D eigenvalue weighted by Crippen LogP contribution is -2.14. The minimum Gasteiger partial charge on any atom is -0.277 e. The van der Waals surface area contributed by atoms with Gasteiger partial charge in [0.25, 0.3) is 10.0 Å². The Morgan fingerprint density at radius 1 is 1.32 bits per heavy atom. The molecule has 0 atom stereocenters. The molecule has 0 aliphatic heterocycles. The van der Waals surface area contributed by atoms with Crippen LogP contribution in [0.2, 0.25) is 5.02 Å². The highest BCUT2D eigenvalue weighted by atomic mass is 79.9. The molecule has 100 valence electrons. The van der Waals surface area contributed by atoms with E-state index in [-0.39, 0.29) is 15.6 Å². The molecule has 0 spiro atoms. The Balaban J connectivity index is 2.43. The van der Waals surface area contributed by atoms with Gasteiger partial charge in [0.15, 0.2) is 0 Å². The molecule has 0 amide bonds. The zero-order valence-electron chi connectivity index (χ0n) is 9.27. The zero-order valence-corrected chi connectivity index (χ0v) is 12.4. The molecule has 1 heterocycles. The summed E-state index contributed by atoms with van der Waals surface area (Å²) in [6, 6.07) is 5.27. The number of nitrogens with one attached hydrogen (secondary N) is 1. The number of hydrogen-bond donors (Lipinski definition) is 1. The average Bonchev–Trinajstić information content (AvgIpc) is 2.34. The first-order chi connectivity index (χ1) is 8.90. The highest BCUT2D eigenvalue weighted by Crippen LogP contribution is 2.25. The molecule has 0 aliphatic carbocycles. The molecule has 19 heavy (non-hydrogen) atoms. The SMILES string of the molecule is O=S(=O)(Nc1cc(Br)ccc1F)c1cnccc1Cl. The smallest absolute Gasteiger partial charge is 0.265 e. The van der Waals surface area contributed by atoms with Gasteiger partial charge in [0.2, 0.25) is 0 Å². The van der Waals surface area contributed by atoms with Crippen molar-refractivity contribution in [2.45, 2.75) is 4.90 Å². The molecule has 0 radical (unpaired) electrons. The van der Waals surface area contributed by atoms with Crippen molar-refractivity contribution in [3.63, 3.8) is 0 Å². The van der Waals surface area contributed by atoms with Crippen molar-refractivity contribution in [2.24, 2.45) is 0 Å². The van der Waals surface area contributed by atoms with E-state index in [1.54, 1.807) is 0 Å². The Labute approximate surface area is 122 Å². The van der Waals surface area contributed by atoms with Gasteiger partial charge in [0.1, 0.15) is 10.7 Å². The Hall–Kier alpha value is -1.18. The van der Waals surface area contributed by atoms with Crippen molar-refractivity contribution >= 4 is 43.2 Å². The van der Waals surface area contributed by atoms with Crippen LogP contribution in [0.3, 0.4) is 0 Å². The van der Waals surface area contributed by atoms with Crippen LogP contribution in [0.15, 0.2) is 46.0 Å². The van der Waals surface area contributed by atoms with Crippen molar-refractivity contribution in [3.05, 3.63) is 52.0 Å². The van der Waals surface area contributed by atoms with Crippen LogP contribution in [0.5, 0.6) is 0 Å². The van der Waals surface area contributed by atoms with Gasteiger partial charge in [-0.2, -0.15) is 0 Å². The fourth-order valence-corrected chi connectivity index (χ4v) is 3.19. The Kier molecular flexibility index (Phi) is 4.07. The summed E-state index contributed by atoms with van der Waals surface area (Å²) in [5.41, 5.74) is -0.172. The quantitative estimate of drug-likeness (QED) is 0.906. The van der Waals surface area contributed by atoms with Crippen LogP contribution >= 0.6 is 27.5 Å². The molecular weight excluding hydrogens is 359 g/mol. The Morgan fingerprint density at radius 3 is 2.74 bits per heavy atom. The van der Waals surface area contributed by atoms with E-state index in [0.29, 0.717) is 4.47 Å². The molecular formula is C11H7BrClFN2O2S. The number of benzene rings is 1. The number of halogens is 3. The third-order valence-electron chi connectivity index (χ3n) is 2.20. The molecule has 0 saturated carbocycles. The lowest BCUT2D eigenvalue weighted by Gasteiger charge is -2.10. The number of aromatic nitrogens is 1. The minimum absolute atomic E-state index is 0.0119. The summed E-state index contributed by atoms with van der Waals surface area (Å²) >= 11 is 8.92. The molecule has 1 aromatic carbocycles. The van der Waals surface area contributed by atoms with Crippen molar-refractivity contribution in [1.82, 2.24) is 4.98 Å². The van der Waals surface area contributed by atoms with Gasteiger partial charge in [0.05, 0.1) is 10.7 Å². The summed E-state index contributed by atoms with van der Waals surface area (Å²) in [6.07, 6.45) is 2.46. The first-order valence-corrected chi connectivity index (χ1v) is 7.63. The Bertz CT molecular complexity index is 724. The molecule has 0 aliphatic rings. The van der Waals surface area contributed by atoms with E-state index >= 15 is 0 Å². The second-order valence-corrected chi connectivity index (χ2v) is 6.51. The van der Waals surface area contributed by atoms with Gasteiger partial charge in [-0.25, -0.2) is 12.8 Å². The van der Waals surface area contributed by atoms with Crippen LogP contribution in [-0.2, 0) is 10.0 Å². The summed E-state index contributed by atoms with van der Waals surface area (Å²) in [6.45, 7) is 0. The van der Waals surface area contributed by atoms with Gasteiger partial charge in [0, 0.05) is 16.9 Å². The van der Waals surface area contributed by atoms with Gasteiger partial charge in [-0.15, -0.1) is 0 Å². The van der Waals surface area contributed by atoms with Crippen LogP contribution in [-0.4, -0.2) is 13.4 Å². The summed E-state index contributed by atoms with van der Waals surface area (Å²) in [5, 5.41) is 0.0119. The normalized spacial score (nSPS) is 11.3. The fourth-order valence-electron chi connectivity index (χ4n) is 1.34. The number of sulfonamides is 1. The molecule has 0 bridgehead atoms. The van der Waals surface area contributed by atoms with Gasteiger partial charge in [-0.1, -0.05) is 27.5 Å². The van der Waals surface area contributed by atoms with E-state index in [1.807, 2.05) is 0 Å². The molecule has 2 aromatic rings. The molecule has 1 N–H and O–H groups in total. The third-order valence-corrected chi connectivity index (χ3v) is 4.52. The second-order valence-electron chi connectivity index (χ2n) is 3.54. The Morgan fingerprint density at radius 2 is 2.05 bits per heavy atom. The lowest BCUT2D eigenvalue weighted by atomic mass is 10.3. The van der Waals surface area contributed by atoms with Crippen LogP contribution in [0.4, 0.5) is 10.1 Å². The van der Waals surface area contributed by atoms with Crippen LogP contribution in [0, 0.1) is 5.82 Å². The van der Waals surface area contributed by atoms with E-state index in [4.69, 9.17) is 11.6 Å².